The van der Waals surface area contributed by atoms with Crippen molar-refractivity contribution < 1.29 is 19.2 Å². The molecular formula is C119H82BBr2N2O6PS4. The smallest absolute Gasteiger partial charge is 0.399 e. The van der Waals surface area contributed by atoms with E-state index in [4.69, 9.17) is 9.31 Å². The topological polar surface area (TPSA) is 105 Å². The number of nitro groups is 2. The number of nitro benzene ring substituents is 2. The van der Waals surface area contributed by atoms with Crippen molar-refractivity contribution in [2.24, 2.45) is 0 Å². The second kappa shape index (κ2) is 36.4. The van der Waals surface area contributed by atoms with Gasteiger partial charge in [0.25, 0.3) is 11.4 Å². The van der Waals surface area contributed by atoms with Gasteiger partial charge < -0.3 is 9.31 Å². The van der Waals surface area contributed by atoms with Crippen LogP contribution in [0.5, 0.6) is 0 Å². The molecule has 135 heavy (non-hydrogen) atoms. The maximum absolute atomic E-state index is 11.8. The van der Waals surface area contributed by atoms with Gasteiger partial charge in [0.1, 0.15) is 4.47 Å². The summed E-state index contributed by atoms with van der Waals surface area (Å²) in [7, 11) is -0.771. The average molecular weight is 1970 g/mol. The molecule has 1 aliphatic heterocycles. The van der Waals surface area contributed by atoms with Gasteiger partial charge in [-0.15, -0.1) is 45.3 Å². The zero-order chi connectivity index (χ0) is 91.7. The van der Waals surface area contributed by atoms with Gasteiger partial charge in [-0.2, -0.15) is 0 Å². The van der Waals surface area contributed by atoms with Crippen LogP contribution < -0.4 is 21.4 Å². The van der Waals surface area contributed by atoms with E-state index in [0.717, 1.165) is 48.9 Å². The molecule has 0 amide bonds. The molecule has 4 aromatic heterocycles. The molecule has 0 unspecified atom stereocenters. The van der Waals surface area contributed by atoms with Crippen LogP contribution in [0.2, 0.25) is 0 Å². The minimum Gasteiger partial charge on any atom is -0.399 e. The molecule has 0 atom stereocenters. The fraction of sp³-hybridized carbons (Fsp3) is 0.0588. The van der Waals surface area contributed by atoms with E-state index in [1.54, 1.807) is 23.5 Å². The van der Waals surface area contributed by atoms with E-state index >= 15 is 0 Å². The molecule has 1 fully saturated rings. The second-order valence-corrected chi connectivity index (χ2v) is 43.2. The normalized spacial score (nSPS) is 13.0. The van der Waals surface area contributed by atoms with Crippen molar-refractivity contribution in [1.82, 2.24) is 0 Å². The summed E-state index contributed by atoms with van der Waals surface area (Å²) >= 11 is 14.2. The van der Waals surface area contributed by atoms with Crippen molar-refractivity contribution in [3.8, 4) is 22.3 Å². The minimum absolute atomic E-state index is 0.101. The van der Waals surface area contributed by atoms with Crippen LogP contribution in [0.25, 0.3) is 178 Å². The molecule has 27 rings (SSSR count). The Balaban J connectivity index is 0.0000000957. The number of fused-ring (bicyclic) bond motifs is 27. The Morgan fingerprint density at radius 3 is 1.08 bits per heavy atom. The average Bonchev–Trinajstić information content (AvgIpc) is 1.60. The molecule has 1 saturated heterocycles. The lowest BCUT2D eigenvalue weighted by Gasteiger charge is -2.32. The van der Waals surface area contributed by atoms with E-state index in [1.165, 1.54) is 173 Å². The van der Waals surface area contributed by atoms with Crippen LogP contribution in [0.3, 0.4) is 0 Å². The number of hydrogen-bond acceptors (Lipinski definition) is 10. The highest BCUT2D eigenvalue weighted by Gasteiger charge is 2.52. The van der Waals surface area contributed by atoms with E-state index in [1.807, 2.05) is 101 Å². The summed E-state index contributed by atoms with van der Waals surface area (Å²) in [5.41, 5.74) is 8.02. The van der Waals surface area contributed by atoms with Crippen LogP contribution in [0.1, 0.15) is 38.8 Å². The lowest BCUT2D eigenvalue weighted by atomic mass is 9.78. The van der Waals surface area contributed by atoms with Gasteiger partial charge in [-0.05, 0) is 262 Å². The number of nitrogens with zero attached hydrogens (tertiary/aromatic N) is 2. The van der Waals surface area contributed by atoms with Crippen LogP contribution in [0, 0.1) is 20.2 Å². The lowest BCUT2D eigenvalue weighted by molar-refractivity contribution is -0.385. The molecule has 0 N–H and O–H groups in total. The summed E-state index contributed by atoms with van der Waals surface area (Å²) < 4.78 is 24.7. The summed E-state index contributed by atoms with van der Waals surface area (Å²) in [6, 6.07) is 144. The zero-order valence-electron chi connectivity index (χ0n) is 73.7. The van der Waals surface area contributed by atoms with Crippen LogP contribution in [0.4, 0.5) is 11.4 Å². The quantitative estimate of drug-likeness (QED) is 0.0681. The number of rotatable bonds is 7. The third-order valence-electron chi connectivity index (χ3n) is 26.3. The van der Waals surface area contributed by atoms with Gasteiger partial charge in [0.15, 0.2) is 0 Å². The first-order valence-corrected chi connectivity index (χ1v) is 50.9. The summed E-state index contributed by atoms with van der Waals surface area (Å²) in [5.74, 6) is 0. The van der Waals surface area contributed by atoms with Crippen molar-refractivity contribution >= 4 is 281 Å². The molecule has 0 saturated carbocycles. The third kappa shape index (κ3) is 16.5. The van der Waals surface area contributed by atoms with Crippen LogP contribution in [-0.2, 0) is 15.7 Å². The zero-order valence-corrected chi connectivity index (χ0v) is 81.1. The van der Waals surface area contributed by atoms with E-state index in [-0.39, 0.29) is 34.6 Å². The number of halogens is 2. The Labute approximate surface area is 813 Å². The van der Waals surface area contributed by atoms with Gasteiger partial charge in [-0.1, -0.05) is 331 Å². The molecule has 2 aliphatic rings. The summed E-state index contributed by atoms with van der Waals surface area (Å²) in [6.45, 7) is 8.39. The number of benzene rings is 21. The summed E-state index contributed by atoms with van der Waals surface area (Å²) in [6.07, 6.45) is 1.04. The molecule has 0 radical (unpaired) electrons. The van der Waals surface area contributed by atoms with Gasteiger partial charge >= 0.3 is 7.12 Å². The minimum atomic E-state index is -0.446. The molecule has 8 nitrogen and oxygen atoms in total. The molecular weight excluding hydrogens is 1880 g/mol. The largest absolute Gasteiger partial charge is 0.494 e. The number of hydrogen-bond donors (Lipinski definition) is 0. The maximum atomic E-state index is 11.8. The van der Waals surface area contributed by atoms with E-state index in [0.29, 0.717) is 10.0 Å². The Morgan fingerprint density at radius 2 is 0.630 bits per heavy atom. The molecule has 650 valence electrons. The molecule has 21 aromatic carbocycles. The molecule has 0 spiro atoms. The predicted octanol–water partition coefficient (Wildman–Crippen LogP) is 34.3. The predicted molar refractivity (Wildman–Crippen MR) is 590 cm³/mol. The van der Waals surface area contributed by atoms with Gasteiger partial charge in [-0.25, -0.2) is 0 Å². The third-order valence-corrected chi connectivity index (χ3v) is 34.6. The van der Waals surface area contributed by atoms with Crippen molar-refractivity contribution in [2.45, 2.75) is 45.3 Å². The fourth-order valence-corrected chi connectivity index (χ4v) is 26.9. The highest BCUT2D eigenvalue weighted by atomic mass is 79.9. The van der Waals surface area contributed by atoms with Crippen LogP contribution in [-0.4, -0.2) is 28.2 Å². The van der Waals surface area contributed by atoms with Crippen LogP contribution in [0.15, 0.2) is 421 Å². The standard InChI is InChI=1S/C27H16S.C26H15NO2S.C22H21BO2S.C18H15P.C16H9BrS.C10H6BrNO2/c1-3-7-20-16(5-1)9-10-18-13-19-14-25-23(15-22(19)26(18)20)27-21-8-4-2-6-17(21)11-12-24(27)28-25;28-27(29)22-12-9-16-5-1-3-7-19(16)25(22)18-11-13-23-21(15-18)26-20-8-4-2-6-17(20)10-14-24(26)30-23;1-21(2)22(3,4)25-23(24-21)15-10-12-18-17(13-15)20-16-8-6-5-7-14(16)9-11-19(20)26-18;1-4-10-16(11-5-1)19(17-12-6-2-7-13-17)18-14-8-3-9-15-18;17-11-6-8-14-13(9-11)16-12-4-2-1-3-10(12)5-7-15(16)18-14;11-10-8-4-2-1-3-7(8)5-6-9(10)12(13)14/h1-12,14-15H,13H2;1-15H;5-13H,1-4H3;1-15H;1-9H;1-6H. The van der Waals surface area contributed by atoms with E-state index < -0.39 is 12.8 Å². The molecule has 1 aliphatic carbocycles. The Kier molecular flexibility index (Phi) is 23.4. The lowest BCUT2D eigenvalue weighted by Crippen LogP contribution is -2.41. The SMILES string of the molecule is Brc1ccc2sc3ccc4ccccc4c3c2c1.CC1(C)OB(c2ccc3sc4ccc5ccccc5c4c3c2)OC1(C)C.O=[N+]([O-])c1ccc2ccccc2c1-c1ccc2sc3ccc4ccccc4c3c2c1.O=[N+]([O-])c1ccc2ccccc2c1Br.c1ccc(P(c2ccccc2)c2ccccc2)cc1.c1ccc2c3c(ccc2c1)Cc1cc2sc4ccc5ccccc5c4c2cc1-3. The monoisotopic (exact) mass is 1960 g/mol. The Hall–Kier alpha value is -13.5. The summed E-state index contributed by atoms with van der Waals surface area (Å²) in [4.78, 5) is 21.8. The van der Waals surface area contributed by atoms with Crippen molar-refractivity contribution in [3.63, 3.8) is 0 Å². The first-order chi connectivity index (χ1) is 65.9. The molecule has 16 heteroatoms. The van der Waals surface area contributed by atoms with Crippen LogP contribution >= 0.6 is 85.1 Å². The van der Waals surface area contributed by atoms with Crippen molar-refractivity contribution in [1.29, 1.82) is 0 Å². The summed E-state index contributed by atoms with van der Waals surface area (Å²) in [5, 5.41) is 54.0. The first-order valence-electron chi connectivity index (χ1n) is 44.8. The molecule has 25 aromatic rings. The Morgan fingerprint density at radius 1 is 0.296 bits per heavy atom. The second-order valence-electron chi connectivity index (χ2n) is 34.9. The molecule has 0 bridgehead atoms. The van der Waals surface area contributed by atoms with Gasteiger partial charge in [-0.3, -0.25) is 20.2 Å². The highest BCUT2D eigenvalue weighted by molar-refractivity contribution is 9.11. The van der Waals surface area contributed by atoms with Gasteiger partial charge in [0, 0.05) is 103 Å². The van der Waals surface area contributed by atoms with Crippen molar-refractivity contribution in [2.75, 3.05) is 0 Å². The van der Waals surface area contributed by atoms with E-state index in [9.17, 15) is 20.2 Å². The molecule has 5 heterocycles. The maximum Gasteiger partial charge on any atom is 0.494 e. The fourth-order valence-electron chi connectivity index (χ4n) is 19.2. The van der Waals surface area contributed by atoms with Gasteiger partial charge in [0.05, 0.1) is 26.6 Å². The van der Waals surface area contributed by atoms with Crippen molar-refractivity contribution in [3.05, 3.63) is 453 Å². The number of thiophene rings is 4. The van der Waals surface area contributed by atoms with E-state index in [2.05, 4.69) is 387 Å². The van der Waals surface area contributed by atoms with Gasteiger partial charge in [0.2, 0.25) is 0 Å². The Bertz CT molecular complexity index is 8910. The first kappa shape index (κ1) is 86.9. The highest BCUT2D eigenvalue weighted by Crippen LogP contribution is 2.50.